The molecule has 8 nitrogen and oxygen atoms in total. The predicted molar refractivity (Wildman–Crippen MR) is 73.9 cm³/mol. The van der Waals surface area contributed by atoms with E-state index in [4.69, 9.17) is 28.3 Å². The summed E-state index contributed by atoms with van der Waals surface area (Å²) in [7, 11) is 1.17. The zero-order valence-corrected chi connectivity index (χ0v) is 12.1. The zero-order valence-electron chi connectivity index (χ0n) is 10.6. The second-order valence-electron chi connectivity index (χ2n) is 3.82. The Kier molecular flexibility index (Phi) is 5.89. The minimum absolute atomic E-state index is 0.155. The summed E-state index contributed by atoms with van der Waals surface area (Å²) in [6.07, 6.45) is -1.25. The van der Waals surface area contributed by atoms with Crippen molar-refractivity contribution in [3.8, 4) is 0 Å². The molecule has 0 saturated carbocycles. The smallest absolute Gasteiger partial charge is 0.334 e. The second kappa shape index (κ2) is 7.21. The normalized spacial score (nSPS) is 11.8. The third-order valence-corrected chi connectivity index (χ3v) is 3.28. The van der Waals surface area contributed by atoms with Crippen LogP contribution < -0.4 is 5.32 Å². The lowest BCUT2D eigenvalue weighted by atomic mass is 10.2. The highest BCUT2D eigenvalue weighted by molar-refractivity contribution is 6.44. The fourth-order valence-electron chi connectivity index (χ4n) is 1.40. The summed E-state index contributed by atoms with van der Waals surface area (Å²) >= 11 is 11.5. The number of carboxylic acid groups (broad SMARTS) is 1. The summed E-state index contributed by atoms with van der Waals surface area (Å²) in [5, 5.41) is 21.4. The van der Waals surface area contributed by atoms with Gasteiger partial charge in [-0.25, -0.2) is 4.79 Å². The number of nitrogens with zero attached hydrogens (tertiary/aromatic N) is 1. The molecule has 0 aromatic heterocycles. The molecule has 1 atom stereocenters. The van der Waals surface area contributed by atoms with Gasteiger partial charge in [0.1, 0.15) is 0 Å². The van der Waals surface area contributed by atoms with E-state index in [1.165, 1.54) is 7.11 Å². The molecule has 1 unspecified atom stereocenters. The highest BCUT2D eigenvalue weighted by atomic mass is 35.5. The first-order chi connectivity index (χ1) is 9.77. The first kappa shape index (κ1) is 17.2. The van der Waals surface area contributed by atoms with Crippen molar-refractivity contribution in [1.29, 1.82) is 0 Å². The second-order valence-corrected chi connectivity index (χ2v) is 4.60. The number of aliphatic carboxylic acids is 1. The number of hydrogen-bond acceptors (Lipinski definition) is 5. The number of nitrogens with one attached hydrogen (secondary N) is 1. The van der Waals surface area contributed by atoms with Crippen LogP contribution in [0.5, 0.6) is 0 Å². The maximum atomic E-state index is 11.9. The van der Waals surface area contributed by atoms with Gasteiger partial charge in [0.25, 0.3) is 11.6 Å². The lowest BCUT2D eigenvalue weighted by Crippen LogP contribution is -2.37. The van der Waals surface area contributed by atoms with Crippen LogP contribution in [0, 0.1) is 10.1 Å². The van der Waals surface area contributed by atoms with Crippen LogP contribution in [0.25, 0.3) is 0 Å². The lowest BCUT2D eigenvalue weighted by molar-refractivity contribution is -0.384. The fraction of sp³-hybridized carbons (Fsp3) is 0.273. The van der Waals surface area contributed by atoms with Gasteiger partial charge in [-0.3, -0.25) is 14.9 Å². The number of benzene rings is 1. The molecule has 0 aliphatic rings. The van der Waals surface area contributed by atoms with E-state index in [1.54, 1.807) is 0 Å². The van der Waals surface area contributed by atoms with Crippen LogP contribution in [0.4, 0.5) is 5.69 Å². The van der Waals surface area contributed by atoms with Gasteiger partial charge in [-0.1, -0.05) is 23.2 Å². The van der Waals surface area contributed by atoms with E-state index in [2.05, 4.69) is 10.1 Å². The van der Waals surface area contributed by atoms with Crippen LogP contribution in [0.15, 0.2) is 12.1 Å². The third kappa shape index (κ3) is 4.28. The van der Waals surface area contributed by atoms with E-state index in [-0.39, 0.29) is 22.2 Å². The quantitative estimate of drug-likeness (QED) is 0.603. The molecule has 0 bridgehead atoms. The van der Waals surface area contributed by atoms with E-state index in [0.717, 1.165) is 12.1 Å². The topological polar surface area (TPSA) is 119 Å². The Hall–Kier alpha value is -1.90. The number of methoxy groups -OCH3 is 1. The molecule has 1 aromatic rings. The molecule has 0 saturated heterocycles. The van der Waals surface area contributed by atoms with Crippen LogP contribution in [-0.2, 0) is 9.53 Å². The maximum absolute atomic E-state index is 11.9. The molecule has 1 rings (SSSR count). The lowest BCUT2D eigenvalue weighted by Gasteiger charge is -2.12. The number of amides is 1. The van der Waals surface area contributed by atoms with Crippen molar-refractivity contribution < 1.29 is 24.4 Å². The molecule has 0 spiro atoms. The molecule has 21 heavy (non-hydrogen) atoms. The largest absolute Gasteiger partial charge is 0.479 e. The van der Waals surface area contributed by atoms with Gasteiger partial charge in [0.2, 0.25) is 0 Å². The summed E-state index contributed by atoms with van der Waals surface area (Å²) in [6.45, 7) is -0.332. The highest BCUT2D eigenvalue weighted by Crippen LogP contribution is 2.30. The first-order valence-electron chi connectivity index (χ1n) is 5.45. The van der Waals surface area contributed by atoms with E-state index < -0.39 is 28.6 Å². The van der Waals surface area contributed by atoms with Crippen molar-refractivity contribution >= 4 is 40.8 Å². The summed E-state index contributed by atoms with van der Waals surface area (Å²) < 4.78 is 4.63. The van der Waals surface area contributed by atoms with Crippen molar-refractivity contribution in [2.45, 2.75) is 6.10 Å². The van der Waals surface area contributed by atoms with Gasteiger partial charge >= 0.3 is 5.97 Å². The average molecular weight is 337 g/mol. The molecule has 0 fully saturated rings. The van der Waals surface area contributed by atoms with Crippen LogP contribution in [-0.4, -0.2) is 41.7 Å². The summed E-state index contributed by atoms with van der Waals surface area (Å²) in [6, 6.07) is 1.96. The SMILES string of the molecule is COC(CNC(=O)c1cc([N+](=O)[O-])cc(Cl)c1Cl)C(=O)O. The molecule has 10 heteroatoms. The van der Waals surface area contributed by atoms with Crippen LogP contribution >= 0.6 is 23.2 Å². The van der Waals surface area contributed by atoms with E-state index in [9.17, 15) is 19.7 Å². The summed E-state index contributed by atoms with van der Waals surface area (Å²) in [5.74, 6) is -2.06. The van der Waals surface area contributed by atoms with E-state index in [1.807, 2.05) is 0 Å². The number of carbonyl (C=O) groups excluding carboxylic acids is 1. The maximum Gasteiger partial charge on any atom is 0.334 e. The zero-order chi connectivity index (χ0) is 16.2. The highest BCUT2D eigenvalue weighted by Gasteiger charge is 2.22. The minimum atomic E-state index is -1.26. The van der Waals surface area contributed by atoms with Gasteiger partial charge in [-0.15, -0.1) is 0 Å². The number of carbonyl (C=O) groups is 2. The predicted octanol–water partition coefficient (Wildman–Crippen LogP) is 1.73. The molecule has 114 valence electrons. The molecule has 1 amide bonds. The van der Waals surface area contributed by atoms with Gasteiger partial charge in [-0.05, 0) is 0 Å². The molecular weight excluding hydrogens is 327 g/mol. The Morgan fingerprint density at radius 1 is 1.48 bits per heavy atom. The number of hydrogen-bond donors (Lipinski definition) is 2. The van der Waals surface area contributed by atoms with Crippen molar-refractivity contribution in [3.05, 3.63) is 37.9 Å². The number of ether oxygens (including phenoxy) is 1. The van der Waals surface area contributed by atoms with Crippen molar-refractivity contribution in [2.24, 2.45) is 0 Å². The van der Waals surface area contributed by atoms with Gasteiger partial charge in [-0.2, -0.15) is 0 Å². The molecular formula is C11H10Cl2N2O6. The molecule has 0 aliphatic heterocycles. The van der Waals surface area contributed by atoms with Gasteiger partial charge in [0.15, 0.2) is 6.10 Å². The molecule has 0 radical (unpaired) electrons. The van der Waals surface area contributed by atoms with Gasteiger partial charge < -0.3 is 15.2 Å². The standard InChI is InChI=1S/C11H10Cl2N2O6/c1-21-8(11(17)18)4-14-10(16)6-2-5(15(19)20)3-7(12)9(6)13/h2-3,8H,4H2,1H3,(H,14,16)(H,17,18). The molecule has 2 N–H and O–H groups in total. The molecule has 0 heterocycles. The minimum Gasteiger partial charge on any atom is -0.479 e. The number of rotatable bonds is 6. The van der Waals surface area contributed by atoms with Gasteiger partial charge in [0, 0.05) is 19.2 Å². The third-order valence-electron chi connectivity index (χ3n) is 2.48. The monoisotopic (exact) mass is 336 g/mol. The summed E-state index contributed by atoms with van der Waals surface area (Å²) in [4.78, 5) is 32.6. The Morgan fingerprint density at radius 2 is 2.10 bits per heavy atom. The Morgan fingerprint density at radius 3 is 2.57 bits per heavy atom. The Bertz CT molecular complexity index is 592. The number of non-ortho nitro benzene ring substituents is 1. The van der Waals surface area contributed by atoms with Crippen LogP contribution in [0.2, 0.25) is 10.0 Å². The average Bonchev–Trinajstić information content (AvgIpc) is 2.41. The molecule has 1 aromatic carbocycles. The van der Waals surface area contributed by atoms with Crippen molar-refractivity contribution in [2.75, 3.05) is 13.7 Å². The fourth-order valence-corrected chi connectivity index (χ4v) is 1.81. The number of nitro groups is 1. The van der Waals surface area contributed by atoms with E-state index >= 15 is 0 Å². The van der Waals surface area contributed by atoms with E-state index in [0.29, 0.717) is 0 Å². The number of carboxylic acids is 1. The van der Waals surface area contributed by atoms with Crippen LogP contribution in [0.3, 0.4) is 0 Å². The van der Waals surface area contributed by atoms with Crippen molar-refractivity contribution in [3.63, 3.8) is 0 Å². The number of nitro benzene ring substituents is 1. The summed E-state index contributed by atoms with van der Waals surface area (Å²) in [5.41, 5.74) is -0.632. The molecule has 0 aliphatic carbocycles. The van der Waals surface area contributed by atoms with Crippen molar-refractivity contribution in [1.82, 2.24) is 5.32 Å². The Balaban J connectivity index is 2.97. The van der Waals surface area contributed by atoms with Gasteiger partial charge in [0.05, 0.1) is 27.1 Å². The first-order valence-corrected chi connectivity index (χ1v) is 6.20. The Labute approximate surface area is 128 Å². The van der Waals surface area contributed by atoms with Crippen LogP contribution in [0.1, 0.15) is 10.4 Å². The number of halogens is 2.